The number of halogens is 2. The van der Waals surface area contributed by atoms with Crippen LogP contribution in [0.15, 0.2) is 18.2 Å². The molecule has 20 heavy (non-hydrogen) atoms. The first kappa shape index (κ1) is 17.7. The van der Waals surface area contributed by atoms with Crippen LogP contribution in [0.3, 0.4) is 0 Å². The van der Waals surface area contributed by atoms with E-state index in [4.69, 9.17) is 28.9 Å². The van der Waals surface area contributed by atoms with Gasteiger partial charge in [-0.25, -0.2) is 0 Å². The van der Waals surface area contributed by atoms with E-state index >= 15 is 0 Å². The van der Waals surface area contributed by atoms with E-state index in [1.165, 1.54) is 5.56 Å². The highest BCUT2D eigenvalue weighted by atomic mass is 35.5. The molecule has 1 rings (SSSR count). The molecule has 0 saturated carbocycles. The fourth-order valence-corrected chi connectivity index (χ4v) is 2.50. The van der Waals surface area contributed by atoms with Gasteiger partial charge in [0.25, 0.3) is 0 Å². The third-order valence-corrected chi connectivity index (χ3v) is 4.42. The Morgan fingerprint density at radius 3 is 2.35 bits per heavy atom. The molecule has 5 heteroatoms. The minimum atomic E-state index is 0.613. The van der Waals surface area contributed by atoms with Crippen molar-refractivity contribution in [1.29, 1.82) is 0 Å². The number of benzene rings is 1. The summed E-state index contributed by atoms with van der Waals surface area (Å²) in [5.74, 6) is 0. The summed E-state index contributed by atoms with van der Waals surface area (Å²) in [6, 6.07) is 5.88. The molecule has 2 N–H and O–H groups in total. The second-order valence-electron chi connectivity index (χ2n) is 5.88. The first-order valence-electron chi connectivity index (χ1n) is 6.98. The van der Waals surface area contributed by atoms with Crippen molar-refractivity contribution in [1.82, 2.24) is 4.90 Å². The quantitative estimate of drug-likeness (QED) is 0.746. The number of nitrogens with two attached hydrogens (primary N) is 1. The van der Waals surface area contributed by atoms with Crippen molar-refractivity contribution in [2.24, 2.45) is 5.73 Å². The van der Waals surface area contributed by atoms with Crippen LogP contribution in [-0.4, -0.2) is 63.2 Å². The van der Waals surface area contributed by atoms with Crippen LogP contribution in [0.25, 0.3) is 0 Å². The maximum atomic E-state index is 6.06. The van der Waals surface area contributed by atoms with E-state index in [0.29, 0.717) is 16.6 Å². The van der Waals surface area contributed by atoms with Crippen LogP contribution in [0, 0.1) is 0 Å². The van der Waals surface area contributed by atoms with E-state index in [9.17, 15) is 0 Å². The number of hydrogen-bond acceptors (Lipinski definition) is 2. The molecule has 3 nitrogen and oxygen atoms in total. The number of nitrogens with zero attached hydrogens (tertiary/aromatic N) is 2. The van der Waals surface area contributed by atoms with Gasteiger partial charge in [0.2, 0.25) is 0 Å². The summed E-state index contributed by atoms with van der Waals surface area (Å²) in [5, 5.41) is 1.24. The lowest BCUT2D eigenvalue weighted by Gasteiger charge is -2.35. The molecule has 114 valence electrons. The summed E-state index contributed by atoms with van der Waals surface area (Å²) >= 11 is 12.0. The molecule has 1 unspecified atom stereocenters. The van der Waals surface area contributed by atoms with Gasteiger partial charge in [-0.1, -0.05) is 29.3 Å². The monoisotopic (exact) mass is 318 g/mol. The Morgan fingerprint density at radius 1 is 1.10 bits per heavy atom. The van der Waals surface area contributed by atoms with Gasteiger partial charge in [-0.15, -0.1) is 0 Å². The molecule has 0 heterocycles. The Bertz CT molecular complexity index is 424. The molecule has 0 bridgehead atoms. The molecule has 0 radical (unpaired) electrons. The topological polar surface area (TPSA) is 29.3 Å². The Hall–Kier alpha value is -0.320. The molecule has 0 fully saturated rings. The van der Waals surface area contributed by atoms with Gasteiger partial charge >= 0.3 is 0 Å². The van der Waals surface area contributed by atoms with Crippen LogP contribution < -0.4 is 5.73 Å². The second kappa shape index (κ2) is 8.20. The first-order valence-corrected chi connectivity index (χ1v) is 7.74. The van der Waals surface area contributed by atoms with Gasteiger partial charge in [0.15, 0.2) is 0 Å². The van der Waals surface area contributed by atoms with Crippen molar-refractivity contribution in [3.8, 4) is 0 Å². The highest BCUT2D eigenvalue weighted by Gasteiger charge is 2.20. The highest BCUT2D eigenvalue weighted by molar-refractivity contribution is 6.42. The summed E-state index contributed by atoms with van der Waals surface area (Å²) in [5.41, 5.74) is 6.99. The Morgan fingerprint density at radius 2 is 1.80 bits per heavy atom. The summed E-state index contributed by atoms with van der Waals surface area (Å²) in [6.07, 6.45) is 0.987. The van der Waals surface area contributed by atoms with Crippen molar-refractivity contribution in [2.45, 2.75) is 6.42 Å². The zero-order valence-corrected chi connectivity index (χ0v) is 14.2. The average Bonchev–Trinajstić information content (AvgIpc) is 2.38. The predicted octanol–water partition coefficient (Wildman–Crippen LogP) is 2.50. The van der Waals surface area contributed by atoms with Crippen molar-refractivity contribution in [3.05, 3.63) is 33.8 Å². The molecule has 0 saturated heterocycles. The summed E-state index contributed by atoms with van der Waals surface area (Å²) in [6.45, 7) is 4.94. The van der Waals surface area contributed by atoms with E-state index in [1.807, 2.05) is 18.2 Å². The third kappa shape index (κ3) is 5.98. The molecule has 0 aliphatic heterocycles. The van der Waals surface area contributed by atoms with Crippen LogP contribution in [0.4, 0.5) is 0 Å². The normalized spacial score (nSPS) is 14.6. The van der Waals surface area contributed by atoms with Crippen molar-refractivity contribution < 1.29 is 4.48 Å². The Labute approximate surface area is 132 Å². The number of rotatable bonds is 8. The maximum absolute atomic E-state index is 6.06. The van der Waals surface area contributed by atoms with Gasteiger partial charge in [-0.3, -0.25) is 0 Å². The number of hydrogen-bond donors (Lipinski definition) is 1. The van der Waals surface area contributed by atoms with Crippen molar-refractivity contribution >= 4 is 23.2 Å². The van der Waals surface area contributed by atoms with E-state index in [1.54, 1.807) is 0 Å². The van der Waals surface area contributed by atoms with E-state index < -0.39 is 0 Å². The van der Waals surface area contributed by atoms with Crippen LogP contribution in [-0.2, 0) is 6.42 Å². The second-order valence-corrected chi connectivity index (χ2v) is 6.70. The fraction of sp³-hybridized carbons (Fsp3) is 0.600. The zero-order valence-electron chi connectivity index (χ0n) is 12.7. The predicted molar refractivity (Wildman–Crippen MR) is 88.6 cm³/mol. The van der Waals surface area contributed by atoms with Crippen LogP contribution >= 0.6 is 23.2 Å². The molecule has 0 spiro atoms. The lowest BCUT2D eigenvalue weighted by atomic mass is 10.1. The standard InChI is InChI=1S/C15H26Cl2N3/c1-19(2)8-11-20(3,10-7-18)9-6-13-4-5-14(16)15(17)12-13/h4-5,12H,6-11,18H2,1-3H3/q+1. The average molecular weight is 319 g/mol. The number of likely N-dealkylation sites (N-methyl/N-ethyl adjacent to an activating group) is 2. The molecule has 1 aromatic rings. The minimum absolute atomic E-state index is 0.613. The Balaban J connectivity index is 2.63. The van der Waals surface area contributed by atoms with Crippen molar-refractivity contribution in [3.63, 3.8) is 0 Å². The molecule has 0 aliphatic carbocycles. The van der Waals surface area contributed by atoms with Gasteiger partial charge in [0, 0.05) is 19.5 Å². The van der Waals surface area contributed by atoms with Crippen LogP contribution in [0.5, 0.6) is 0 Å². The molecular weight excluding hydrogens is 293 g/mol. The summed E-state index contributed by atoms with van der Waals surface area (Å²) < 4.78 is 0.981. The van der Waals surface area contributed by atoms with Gasteiger partial charge in [0.05, 0.1) is 36.7 Å². The third-order valence-electron chi connectivity index (χ3n) is 3.68. The molecule has 0 aromatic heterocycles. The molecule has 1 aromatic carbocycles. The molecule has 0 amide bonds. The molecule has 0 aliphatic rings. The first-order chi connectivity index (χ1) is 9.36. The lowest BCUT2D eigenvalue weighted by Crippen LogP contribution is -2.51. The van der Waals surface area contributed by atoms with Gasteiger partial charge < -0.3 is 15.1 Å². The highest BCUT2D eigenvalue weighted by Crippen LogP contribution is 2.23. The van der Waals surface area contributed by atoms with Gasteiger partial charge in [-0.05, 0) is 31.8 Å². The van der Waals surface area contributed by atoms with Gasteiger partial charge in [0.1, 0.15) is 0 Å². The van der Waals surface area contributed by atoms with E-state index in [0.717, 1.165) is 37.1 Å². The largest absolute Gasteiger partial charge is 0.326 e. The Kier molecular flexibility index (Phi) is 7.27. The lowest BCUT2D eigenvalue weighted by molar-refractivity contribution is -0.907. The van der Waals surface area contributed by atoms with Crippen LogP contribution in [0.2, 0.25) is 10.0 Å². The van der Waals surface area contributed by atoms with E-state index in [2.05, 4.69) is 26.0 Å². The van der Waals surface area contributed by atoms with Crippen LogP contribution in [0.1, 0.15) is 5.56 Å². The maximum Gasteiger partial charge on any atom is 0.0914 e. The number of quaternary nitrogens is 1. The SMILES string of the molecule is CN(C)CC[N+](C)(CCN)CCc1ccc(Cl)c(Cl)c1. The fourth-order valence-electron chi connectivity index (χ4n) is 2.18. The molecular formula is C15H26Cl2N3+. The van der Waals surface area contributed by atoms with E-state index in [-0.39, 0.29) is 0 Å². The zero-order chi connectivity index (χ0) is 15.2. The molecule has 1 atom stereocenters. The minimum Gasteiger partial charge on any atom is -0.326 e. The van der Waals surface area contributed by atoms with Crippen molar-refractivity contribution in [2.75, 3.05) is 53.9 Å². The summed E-state index contributed by atoms with van der Waals surface area (Å²) in [4.78, 5) is 2.21. The smallest absolute Gasteiger partial charge is 0.0914 e. The summed E-state index contributed by atoms with van der Waals surface area (Å²) in [7, 11) is 6.48. The van der Waals surface area contributed by atoms with Gasteiger partial charge in [-0.2, -0.15) is 0 Å².